The number of β-amino-alcohol motifs (C(OH)–C–C–N with tert-alkyl or cyclic N) is 1. The van der Waals surface area contributed by atoms with Crippen LogP contribution in [0, 0.1) is 0 Å². The van der Waals surface area contributed by atoms with Gasteiger partial charge in [0.05, 0.1) is 6.10 Å². The lowest BCUT2D eigenvalue weighted by Gasteiger charge is -2.32. The number of aliphatic hydroxyl groups excluding tert-OH is 1. The molecule has 1 aliphatic heterocycles. The molecule has 72 valence electrons. The molecule has 0 aromatic heterocycles. The maximum atomic E-state index is 9.38. The summed E-state index contributed by atoms with van der Waals surface area (Å²) in [6, 6.07) is 0. The van der Waals surface area contributed by atoms with Gasteiger partial charge in [0.15, 0.2) is 0 Å². The highest BCUT2D eigenvalue weighted by Gasteiger charge is 2.32. The quantitative estimate of drug-likeness (QED) is 0.683. The van der Waals surface area contributed by atoms with E-state index in [9.17, 15) is 5.11 Å². The van der Waals surface area contributed by atoms with E-state index in [4.69, 9.17) is 11.6 Å². The summed E-state index contributed by atoms with van der Waals surface area (Å²) in [5, 5.41) is 9.38. The molecular weight excluding hydrogens is 174 g/mol. The number of nitrogens with zero attached hydrogens (tertiary/aromatic N) is 1. The van der Waals surface area contributed by atoms with Crippen LogP contribution in [-0.4, -0.2) is 40.6 Å². The summed E-state index contributed by atoms with van der Waals surface area (Å²) >= 11 is 5.55. The van der Waals surface area contributed by atoms with Crippen LogP contribution in [0.3, 0.4) is 0 Å². The second-order valence-corrected chi connectivity index (χ2v) is 4.48. The fourth-order valence-electron chi connectivity index (χ4n) is 1.80. The Labute approximate surface area is 79.5 Å². The summed E-state index contributed by atoms with van der Waals surface area (Å²) in [6.45, 7) is 6.26. The van der Waals surface area contributed by atoms with Crippen molar-refractivity contribution < 1.29 is 5.11 Å². The van der Waals surface area contributed by atoms with Crippen molar-refractivity contribution in [1.82, 2.24) is 4.90 Å². The van der Waals surface area contributed by atoms with Crippen LogP contribution in [0.4, 0.5) is 0 Å². The third kappa shape index (κ3) is 2.35. The molecule has 0 bridgehead atoms. The molecule has 0 spiro atoms. The van der Waals surface area contributed by atoms with Crippen molar-refractivity contribution in [2.24, 2.45) is 0 Å². The topological polar surface area (TPSA) is 23.5 Å². The molecule has 1 fully saturated rings. The Morgan fingerprint density at radius 1 is 1.58 bits per heavy atom. The first kappa shape index (κ1) is 10.3. The van der Waals surface area contributed by atoms with E-state index in [0.29, 0.717) is 5.88 Å². The highest BCUT2D eigenvalue weighted by Crippen LogP contribution is 2.27. The largest absolute Gasteiger partial charge is 0.391 e. The third-order valence-electron chi connectivity index (χ3n) is 2.68. The Hall–Kier alpha value is 0.210. The molecule has 2 nitrogen and oxygen atoms in total. The van der Waals surface area contributed by atoms with E-state index >= 15 is 0 Å². The molecule has 0 saturated carbocycles. The number of halogens is 1. The molecule has 0 aliphatic carbocycles. The average molecular weight is 192 g/mol. The summed E-state index contributed by atoms with van der Waals surface area (Å²) in [6.07, 6.45) is 2.09. The number of likely N-dealkylation sites (tertiary alicyclic amines) is 1. The summed E-state index contributed by atoms with van der Waals surface area (Å²) in [5.41, 5.74) is 0.257. The summed E-state index contributed by atoms with van der Waals surface area (Å²) < 4.78 is 0. The Balaban J connectivity index is 2.41. The molecular formula is C9H18ClNO. The zero-order valence-corrected chi connectivity index (χ0v) is 8.64. The van der Waals surface area contributed by atoms with Crippen LogP contribution in [0.1, 0.15) is 26.7 Å². The first-order chi connectivity index (χ1) is 5.56. The Bertz CT molecular complexity index is 149. The molecule has 1 atom stereocenters. The van der Waals surface area contributed by atoms with Crippen LogP contribution >= 0.6 is 11.6 Å². The van der Waals surface area contributed by atoms with E-state index in [1.54, 1.807) is 0 Å². The van der Waals surface area contributed by atoms with E-state index in [2.05, 4.69) is 18.7 Å². The molecule has 1 N–H and O–H groups in total. The minimum atomic E-state index is -0.371. The first-order valence-corrected chi connectivity index (χ1v) is 5.09. The van der Waals surface area contributed by atoms with Crippen LogP contribution in [0.5, 0.6) is 0 Å². The van der Waals surface area contributed by atoms with Gasteiger partial charge in [-0.25, -0.2) is 0 Å². The van der Waals surface area contributed by atoms with Crippen molar-refractivity contribution >= 4 is 11.6 Å². The first-order valence-electron chi connectivity index (χ1n) is 4.55. The van der Waals surface area contributed by atoms with Gasteiger partial charge in [-0.3, -0.25) is 4.90 Å². The lowest BCUT2D eigenvalue weighted by molar-refractivity contribution is 0.0902. The van der Waals surface area contributed by atoms with Gasteiger partial charge in [-0.15, -0.1) is 11.6 Å². The maximum absolute atomic E-state index is 9.38. The molecule has 12 heavy (non-hydrogen) atoms. The molecule has 0 aromatic carbocycles. The maximum Gasteiger partial charge on any atom is 0.0802 e. The normalized spacial score (nSPS) is 26.0. The lowest BCUT2D eigenvalue weighted by Crippen LogP contribution is -2.43. The number of alkyl halides is 1. The van der Waals surface area contributed by atoms with Crippen molar-refractivity contribution in [2.75, 3.05) is 19.0 Å². The fraction of sp³-hybridized carbons (Fsp3) is 1.00. The standard InChI is InChI=1S/C9H18ClNO/c1-9(2)4-3-5-11(9)7-8(12)6-10/h8,12H,3-7H2,1-2H3. The fourth-order valence-corrected chi connectivity index (χ4v) is 1.90. The second-order valence-electron chi connectivity index (χ2n) is 4.17. The second kappa shape index (κ2) is 3.95. The van der Waals surface area contributed by atoms with E-state index in [-0.39, 0.29) is 11.6 Å². The predicted octanol–water partition coefficient (Wildman–Crippen LogP) is 1.46. The Kier molecular flexibility index (Phi) is 3.38. The molecule has 0 amide bonds. The van der Waals surface area contributed by atoms with Gasteiger partial charge in [-0.1, -0.05) is 0 Å². The van der Waals surface area contributed by atoms with Crippen molar-refractivity contribution in [3.63, 3.8) is 0 Å². The van der Waals surface area contributed by atoms with E-state index in [1.807, 2.05) is 0 Å². The van der Waals surface area contributed by atoms with Crippen LogP contribution in [0.2, 0.25) is 0 Å². The van der Waals surface area contributed by atoms with Gasteiger partial charge in [-0.05, 0) is 33.2 Å². The number of hydrogen-bond donors (Lipinski definition) is 1. The van der Waals surface area contributed by atoms with E-state index in [0.717, 1.165) is 13.1 Å². The molecule has 0 aromatic rings. The SMILES string of the molecule is CC1(C)CCCN1CC(O)CCl. The van der Waals surface area contributed by atoms with Gasteiger partial charge in [0.25, 0.3) is 0 Å². The number of hydrogen-bond acceptors (Lipinski definition) is 2. The average Bonchev–Trinajstić information content (AvgIpc) is 2.31. The lowest BCUT2D eigenvalue weighted by atomic mass is 10.0. The van der Waals surface area contributed by atoms with E-state index in [1.165, 1.54) is 12.8 Å². The molecule has 1 rings (SSSR count). The van der Waals surface area contributed by atoms with Crippen molar-refractivity contribution in [3.8, 4) is 0 Å². The number of aliphatic hydroxyl groups is 1. The molecule has 1 heterocycles. The molecule has 0 radical (unpaired) electrons. The molecule has 1 aliphatic rings. The molecule has 3 heteroatoms. The van der Waals surface area contributed by atoms with Crippen molar-refractivity contribution in [3.05, 3.63) is 0 Å². The van der Waals surface area contributed by atoms with Gasteiger partial charge in [0.1, 0.15) is 0 Å². The summed E-state index contributed by atoms with van der Waals surface area (Å²) in [4.78, 5) is 2.32. The van der Waals surface area contributed by atoms with Gasteiger partial charge in [0.2, 0.25) is 0 Å². The predicted molar refractivity (Wildman–Crippen MR) is 51.6 cm³/mol. The zero-order valence-electron chi connectivity index (χ0n) is 7.89. The van der Waals surface area contributed by atoms with Crippen molar-refractivity contribution in [2.45, 2.75) is 38.3 Å². The van der Waals surface area contributed by atoms with Gasteiger partial charge >= 0.3 is 0 Å². The third-order valence-corrected chi connectivity index (χ3v) is 3.04. The van der Waals surface area contributed by atoms with Gasteiger partial charge < -0.3 is 5.11 Å². The van der Waals surface area contributed by atoms with E-state index < -0.39 is 0 Å². The van der Waals surface area contributed by atoms with Gasteiger partial charge in [-0.2, -0.15) is 0 Å². The Morgan fingerprint density at radius 2 is 2.25 bits per heavy atom. The summed E-state index contributed by atoms with van der Waals surface area (Å²) in [7, 11) is 0. The van der Waals surface area contributed by atoms with Crippen molar-refractivity contribution in [1.29, 1.82) is 0 Å². The van der Waals surface area contributed by atoms with Crippen LogP contribution in [0.15, 0.2) is 0 Å². The summed E-state index contributed by atoms with van der Waals surface area (Å²) in [5.74, 6) is 0.340. The van der Waals surface area contributed by atoms with Crippen LogP contribution < -0.4 is 0 Å². The smallest absolute Gasteiger partial charge is 0.0802 e. The van der Waals surface area contributed by atoms with Gasteiger partial charge in [0, 0.05) is 18.0 Å². The zero-order chi connectivity index (χ0) is 9.19. The molecule has 1 unspecified atom stereocenters. The molecule has 1 saturated heterocycles. The van der Waals surface area contributed by atoms with Crippen LogP contribution in [0.25, 0.3) is 0 Å². The Morgan fingerprint density at radius 3 is 2.67 bits per heavy atom. The monoisotopic (exact) mass is 191 g/mol. The minimum absolute atomic E-state index is 0.257. The highest BCUT2D eigenvalue weighted by molar-refractivity contribution is 6.18. The minimum Gasteiger partial charge on any atom is -0.391 e. The number of rotatable bonds is 3. The van der Waals surface area contributed by atoms with Crippen LogP contribution in [-0.2, 0) is 0 Å². The highest BCUT2D eigenvalue weighted by atomic mass is 35.5.